The van der Waals surface area contributed by atoms with Crippen molar-refractivity contribution in [3.05, 3.63) is 42.2 Å². The molecule has 0 spiro atoms. The maximum absolute atomic E-state index is 12.3. The number of halogens is 3. The number of alkyl halides is 3. The predicted octanol–water partition coefficient (Wildman–Crippen LogP) is 2.47. The molecular formula is C20H25F3N4O4. The van der Waals surface area contributed by atoms with E-state index in [0.29, 0.717) is 6.54 Å². The zero-order chi connectivity index (χ0) is 23.0. The molecule has 1 unspecified atom stereocenters. The Morgan fingerprint density at radius 2 is 2.00 bits per heavy atom. The molecule has 0 saturated carbocycles. The first-order chi connectivity index (χ1) is 14.6. The number of aromatic nitrogens is 2. The van der Waals surface area contributed by atoms with E-state index in [1.165, 1.54) is 0 Å². The summed E-state index contributed by atoms with van der Waals surface area (Å²) in [5, 5.41) is 14.5. The number of aliphatic carboxylic acids is 1. The van der Waals surface area contributed by atoms with Crippen molar-refractivity contribution >= 4 is 11.9 Å². The van der Waals surface area contributed by atoms with Crippen LogP contribution in [0.25, 0.3) is 5.69 Å². The van der Waals surface area contributed by atoms with Gasteiger partial charge in [-0.1, -0.05) is 12.1 Å². The van der Waals surface area contributed by atoms with Crippen LogP contribution in [-0.4, -0.2) is 65.1 Å². The lowest BCUT2D eigenvalue weighted by atomic mass is 9.97. The maximum Gasteiger partial charge on any atom is 0.490 e. The summed E-state index contributed by atoms with van der Waals surface area (Å²) in [6.07, 6.45) is 0.668. The van der Waals surface area contributed by atoms with Crippen LogP contribution < -0.4 is 10.1 Å². The molecule has 1 saturated heterocycles. The number of benzene rings is 1. The first kappa shape index (κ1) is 24.2. The molecule has 1 atom stereocenters. The van der Waals surface area contributed by atoms with Gasteiger partial charge in [-0.15, -0.1) is 0 Å². The summed E-state index contributed by atoms with van der Waals surface area (Å²) in [5.41, 5.74) is 1.85. The predicted molar refractivity (Wildman–Crippen MR) is 106 cm³/mol. The normalized spacial score (nSPS) is 16.7. The van der Waals surface area contributed by atoms with Crippen molar-refractivity contribution < 1.29 is 32.6 Å². The fourth-order valence-corrected chi connectivity index (χ4v) is 3.12. The molecule has 3 rings (SSSR count). The van der Waals surface area contributed by atoms with Gasteiger partial charge in [0, 0.05) is 24.8 Å². The molecule has 1 aromatic heterocycles. The zero-order valence-corrected chi connectivity index (χ0v) is 17.2. The van der Waals surface area contributed by atoms with E-state index in [-0.39, 0.29) is 11.8 Å². The van der Waals surface area contributed by atoms with Gasteiger partial charge in [0.05, 0.1) is 19.2 Å². The third-order valence-electron chi connectivity index (χ3n) is 4.67. The second-order valence-corrected chi connectivity index (χ2v) is 7.09. The molecule has 2 aromatic rings. The molecule has 31 heavy (non-hydrogen) atoms. The number of nitrogens with zero attached hydrogens (tertiary/aromatic N) is 3. The number of carboxylic acids is 1. The molecule has 1 amide bonds. The Balaban J connectivity index is 0.000000423. The molecule has 8 nitrogen and oxygen atoms in total. The molecule has 1 aliphatic rings. The highest BCUT2D eigenvalue weighted by Crippen LogP contribution is 2.21. The van der Waals surface area contributed by atoms with E-state index < -0.39 is 12.1 Å². The van der Waals surface area contributed by atoms with Crippen LogP contribution in [0.15, 0.2) is 36.7 Å². The molecule has 0 radical (unpaired) electrons. The number of para-hydroxylation sites is 2. The Morgan fingerprint density at radius 1 is 1.32 bits per heavy atom. The minimum Gasteiger partial charge on any atom is -0.494 e. The molecule has 1 fully saturated rings. The van der Waals surface area contributed by atoms with Gasteiger partial charge in [-0.25, -0.2) is 9.48 Å². The van der Waals surface area contributed by atoms with Crippen LogP contribution in [0, 0.1) is 5.92 Å². The van der Waals surface area contributed by atoms with Crippen molar-refractivity contribution in [1.82, 2.24) is 20.0 Å². The number of carboxylic acid groups (broad SMARTS) is 1. The van der Waals surface area contributed by atoms with Crippen LogP contribution in [0.3, 0.4) is 0 Å². The van der Waals surface area contributed by atoms with Crippen molar-refractivity contribution in [3.63, 3.8) is 0 Å². The summed E-state index contributed by atoms with van der Waals surface area (Å²) in [6.45, 7) is 2.41. The Hall–Kier alpha value is -3.08. The van der Waals surface area contributed by atoms with Crippen LogP contribution >= 0.6 is 0 Å². The maximum atomic E-state index is 12.3. The smallest absolute Gasteiger partial charge is 0.490 e. The van der Waals surface area contributed by atoms with Crippen LogP contribution in [-0.2, 0) is 16.1 Å². The number of amides is 1. The number of ether oxygens (including phenoxy) is 1. The van der Waals surface area contributed by atoms with Crippen LogP contribution in [0.2, 0.25) is 0 Å². The largest absolute Gasteiger partial charge is 0.494 e. The average Bonchev–Trinajstić information content (AvgIpc) is 3.20. The van der Waals surface area contributed by atoms with E-state index in [2.05, 4.69) is 22.4 Å². The highest BCUT2D eigenvalue weighted by atomic mass is 19.4. The minimum absolute atomic E-state index is 0.0908. The summed E-state index contributed by atoms with van der Waals surface area (Å²) < 4.78 is 38.9. The highest BCUT2D eigenvalue weighted by Gasteiger charge is 2.38. The third-order valence-corrected chi connectivity index (χ3v) is 4.67. The first-order valence-electron chi connectivity index (χ1n) is 9.55. The van der Waals surface area contributed by atoms with Crippen molar-refractivity contribution in [1.29, 1.82) is 0 Å². The molecule has 11 heteroatoms. The Labute approximate surface area is 177 Å². The number of piperidine rings is 1. The fourth-order valence-electron chi connectivity index (χ4n) is 3.12. The first-order valence-corrected chi connectivity index (χ1v) is 9.55. The van der Waals surface area contributed by atoms with Gasteiger partial charge < -0.3 is 20.1 Å². The van der Waals surface area contributed by atoms with E-state index in [0.717, 1.165) is 42.9 Å². The Morgan fingerprint density at radius 3 is 2.61 bits per heavy atom. The molecule has 2 N–H and O–H groups in total. The summed E-state index contributed by atoms with van der Waals surface area (Å²) >= 11 is 0. The van der Waals surface area contributed by atoms with Crippen LogP contribution in [0.1, 0.15) is 18.4 Å². The average molecular weight is 442 g/mol. The van der Waals surface area contributed by atoms with E-state index >= 15 is 0 Å². The van der Waals surface area contributed by atoms with Crippen molar-refractivity contribution in [2.45, 2.75) is 25.6 Å². The number of likely N-dealkylation sites (tertiary alicyclic amines) is 1. The van der Waals surface area contributed by atoms with Crippen LogP contribution in [0.5, 0.6) is 5.75 Å². The van der Waals surface area contributed by atoms with Gasteiger partial charge in [0.2, 0.25) is 5.91 Å². The number of carbonyl (C=O) groups is 2. The number of hydrogen-bond acceptors (Lipinski definition) is 5. The molecule has 0 bridgehead atoms. The van der Waals surface area contributed by atoms with Gasteiger partial charge in [0.15, 0.2) is 0 Å². The van der Waals surface area contributed by atoms with E-state index in [9.17, 15) is 18.0 Å². The van der Waals surface area contributed by atoms with Crippen molar-refractivity contribution in [3.8, 4) is 11.4 Å². The number of hydrogen-bond donors (Lipinski definition) is 2. The molecule has 2 heterocycles. The van der Waals surface area contributed by atoms with Gasteiger partial charge in [-0.05, 0) is 38.6 Å². The molecule has 1 aliphatic heterocycles. The Bertz CT molecular complexity index is 885. The fraction of sp³-hybridized carbons (Fsp3) is 0.450. The van der Waals surface area contributed by atoms with E-state index in [4.69, 9.17) is 14.6 Å². The van der Waals surface area contributed by atoms with Crippen LogP contribution in [0.4, 0.5) is 13.2 Å². The monoisotopic (exact) mass is 442 g/mol. The second-order valence-electron chi connectivity index (χ2n) is 7.09. The zero-order valence-electron chi connectivity index (χ0n) is 17.2. The Kier molecular flexibility index (Phi) is 8.43. The number of methoxy groups -OCH3 is 1. The topological polar surface area (TPSA) is 96.7 Å². The molecule has 1 aromatic carbocycles. The summed E-state index contributed by atoms with van der Waals surface area (Å²) in [4.78, 5) is 23.4. The summed E-state index contributed by atoms with van der Waals surface area (Å²) in [7, 11) is 3.71. The van der Waals surface area contributed by atoms with Gasteiger partial charge in [0.25, 0.3) is 0 Å². The SMILES string of the molecule is COc1ccccc1-n1cc(CNC(=O)C2CCCN(C)C2)cn1.O=C(O)C(F)(F)F. The lowest BCUT2D eigenvalue weighted by molar-refractivity contribution is -0.192. The van der Waals surface area contributed by atoms with E-state index in [1.807, 2.05) is 30.5 Å². The van der Waals surface area contributed by atoms with Gasteiger partial charge >= 0.3 is 12.1 Å². The van der Waals surface area contributed by atoms with Crippen molar-refractivity contribution in [2.24, 2.45) is 5.92 Å². The lowest BCUT2D eigenvalue weighted by Crippen LogP contribution is -2.41. The highest BCUT2D eigenvalue weighted by molar-refractivity contribution is 5.79. The molecular weight excluding hydrogens is 417 g/mol. The summed E-state index contributed by atoms with van der Waals surface area (Å²) in [6, 6.07) is 7.72. The molecule has 170 valence electrons. The second kappa shape index (κ2) is 10.8. The number of carbonyl (C=O) groups excluding carboxylic acids is 1. The number of rotatable bonds is 5. The van der Waals surface area contributed by atoms with Crippen molar-refractivity contribution in [2.75, 3.05) is 27.2 Å². The third kappa shape index (κ3) is 7.28. The molecule has 0 aliphatic carbocycles. The van der Waals surface area contributed by atoms with Gasteiger partial charge in [-0.3, -0.25) is 4.79 Å². The van der Waals surface area contributed by atoms with E-state index in [1.54, 1.807) is 18.0 Å². The van der Waals surface area contributed by atoms with Gasteiger partial charge in [0.1, 0.15) is 11.4 Å². The minimum atomic E-state index is -5.08. The lowest BCUT2D eigenvalue weighted by Gasteiger charge is -2.28. The van der Waals surface area contributed by atoms with Gasteiger partial charge in [-0.2, -0.15) is 18.3 Å². The number of nitrogens with one attached hydrogen (secondary N) is 1. The summed E-state index contributed by atoms with van der Waals surface area (Å²) in [5.74, 6) is -1.77. The quantitative estimate of drug-likeness (QED) is 0.739. The standard InChI is InChI=1S/C18H24N4O2.C2HF3O2/c1-21-9-5-6-15(13-21)18(23)19-10-14-11-20-22(12-14)16-7-3-4-8-17(16)24-2;3-2(4,5)1(6)7/h3-4,7-8,11-12,15H,5-6,9-10,13H2,1-2H3,(H,19,23);(H,6,7).